The van der Waals surface area contributed by atoms with E-state index in [2.05, 4.69) is 26.8 Å². The molecular formula is C26H24BN7O2. The molecule has 1 aliphatic heterocycles. The molecule has 4 aromatic rings. The van der Waals surface area contributed by atoms with E-state index >= 15 is 0 Å². The lowest BCUT2D eigenvalue weighted by Gasteiger charge is -2.33. The predicted octanol–water partition coefficient (Wildman–Crippen LogP) is 3.12. The number of fused-ring (bicyclic) bond motifs is 1. The monoisotopic (exact) mass is 477 g/mol. The highest BCUT2D eigenvalue weighted by molar-refractivity contribution is 6.36. The van der Waals surface area contributed by atoms with Crippen molar-refractivity contribution in [1.82, 2.24) is 19.5 Å². The number of urea groups is 1. The molecule has 0 aliphatic carbocycles. The van der Waals surface area contributed by atoms with Gasteiger partial charge in [0.05, 0.1) is 17.3 Å². The topological polar surface area (TPSA) is 119 Å². The molecule has 1 unspecified atom stereocenters. The first-order valence-electron chi connectivity index (χ1n) is 11.7. The van der Waals surface area contributed by atoms with Gasteiger partial charge in [0, 0.05) is 43.1 Å². The van der Waals surface area contributed by atoms with E-state index in [0.717, 1.165) is 12.8 Å². The first kappa shape index (κ1) is 23.2. The van der Waals surface area contributed by atoms with E-state index in [-0.39, 0.29) is 17.7 Å². The number of phenols is 1. The van der Waals surface area contributed by atoms with Gasteiger partial charge in [0.1, 0.15) is 19.4 Å². The summed E-state index contributed by atoms with van der Waals surface area (Å²) in [4.78, 5) is 19.2. The summed E-state index contributed by atoms with van der Waals surface area (Å²) in [6.07, 6.45) is 3.43. The normalized spacial score (nSPS) is 15.4. The van der Waals surface area contributed by atoms with Crippen molar-refractivity contribution in [1.29, 1.82) is 5.26 Å². The lowest BCUT2D eigenvalue weighted by atomic mass is 9.98. The number of likely N-dealkylation sites (tertiary alicyclic amines) is 1. The van der Waals surface area contributed by atoms with Crippen LogP contribution in [0.4, 0.5) is 16.3 Å². The molecule has 1 fully saturated rings. The minimum absolute atomic E-state index is 0.134. The Morgan fingerprint density at radius 2 is 2.03 bits per heavy atom. The van der Waals surface area contributed by atoms with E-state index in [1.165, 1.54) is 0 Å². The number of hydrogen-bond acceptors (Lipinski definition) is 6. The Labute approximate surface area is 209 Å². The minimum atomic E-state index is -0.155. The van der Waals surface area contributed by atoms with Crippen molar-refractivity contribution in [2.45, 2.75) is 12.8 Å². The smallest absolute Gasteiger partial charge is 0.321 e. The number of aromatic nitrogens is 3. The number of hydrogen-bond donors (Lipinski definition) is 3. The van der Waals surface area contributed by atoms with Crippen LogP contribution >= 0.6 is 0 Å². The van der Waals surface area contributed by atoms with Crippen LogP contribution in [-0.4, -0.2) is 58.1 Å². The maximum absolute atomic E-state index is 12.8. The first-order chi connectivity index (χ1) is 17.5. The average Bonchev–Trinajstić information content (AvgIpc) is 3.28. The summed E-state index contributed by atoms with van der Waals surface area (Å²) in [6.45, 7) is 1.92. The van der Waals surface area contributed by atoms with Gasteiger partial charge in [-0.15, -0.1) is 0 Å². The molecule has 9 nitrogen and oxygen atoms in total. The highest BCUT2D eigenvalue weighted by Gasteiger charge is 2.24. The average molecular weight is 477 g/mol. The van der Waals surface area contributed by atoms with Crippen LogP contribution in [0.5, 0.6) is 5.75 Å². The van der Waals surface area contributed by atoms with Gasteiger partial charge in [-0.05, 0) is 60.6 Å². The highest BCUT2D eigenvalue weighted by Crippen LogP contribution is 2.29. The molecule has 2 radical (unpaired) electrons. The van der Waals surface area contributed by atoms with Gasteiger partial charge in [0.25, 0.3) is 0 Å². The number of benzene rings is 2. The van der Waals surface area contributed by atoms with Crippen molar-refractivity contribution >= 4 is 36.5 Å². The zero-order valence-corrected chi connectivity index (χ0v) is 19.6. The number of nitrogens with one attached hydrogen (secondary N) is 2. The molecule has 0 spiro atoms. The fraction of sp³-hybridized carbons (Fsp3) is 0.231. The van der Waals surface area contributed by atoms with Crippen LogP contribution < -0.4 is 16.1 Å². The Hall–Kier alpha value is -4.52. The molecule has 1 aliphatic rings. The van der Waals surface area contributed by atoms with Gasteiger partial charge in [0.2, 0.25) is 0 Å². The van der Waals surface area contributed by atoms with Crippen LogP contribution in [0.2, 0.25) is 0 Å². The largest absolute Gasteiger partial charge is 0.507 e. The van der Waals surface area contributed by atoms with Gasteiger partial charge in [-0.3, -0.25) is 0 Å². The molecule has 10 heteroatoms. The maximum Gasteiger partial charge on any atom is 0.321 e. The number of amides is 2. The molecule has 3 N–H and O–H groups in total. The van der Waals surface area contributed by atoms with Crippen molar-refractivity contribution < 1.29 is 9.90 Å². The maximum atomic E-state index is 12.8. The van der Waals surface area contributed by atoms with E-state index in [0.29, 0.717) is 59.1 Å². The number of carbonyl (C=O) groups excluding carboxylic acids is 1. The molecule has 1 saturated heterocycles. The van der Waals surface area contributed by atoms with E-state index in [9.17, 15) is 9.90 Å². The van der Waals surface area contributed by atoms with Gasteiger partial charge in [0.15, 0.2) is 5.65 Å². The van der Waals surface area contributed by atoms with Gasteiger partial charge in [-0.25, -0.2) is 9.78 Å². The van der Waals surface area contributed by atoms with Crippen LogP contribution in [0.1, 0.15) is 18.4 Å². The summed E-state index contributed by atoms with van der Waals surface area (Å²) < 4.78 is 1.65. The Bertz CT molecular complexity index is 1450. The number of nitriles is 1. The molecule has 1 atom stereocenters. The van der Waals surface area contributed by atoms with Crippen molar-refractivity contribution in [3.05, 3.63) is 66.4 Å². The molecule has 3 heterocycles. The van der Waals surface area contributed by atoms with Gasteiger partial charge >= 0.3 is 6.03 Å². The van der Waals surface area contributed by atoms with Crippen LogP contribution in [0, 0.1) is 17.2 Å². The molecule has 36 heavy (non-hydrogen) atoms. The van der Waals surface area contributed by atoms with Gasteiger partial charge < -0.3 is 20.6 Å². The standard InChI is InChI=1S/C26H24BN7O2/c27-21-15-30-34-24(12-22(32-25(21)34)20-5-1-2-6-23(20)35)29-14-18-4-3-11-33(16-18)26(36)31-19-9-7-17(13-28)8-10-19/h1-2,5-10,12,15,18,29,35H,3-4,11,14,16H2,(H,31,36). The third-order valence-corrected chi connectivity index (χ3v) is 6.32. The van der Waals surface area contributed by atoms with E-state index in [1.807, 2.05) is 17.0 Å². The molecular weight excluding hydrogens is 453 g/mol. The zero-order chi connectivity index (χ0) is 25.1. The molecule has 2 aromatic heterocycles. The number of phenolic OH excluding ortho intramolecular Hbond substituents is 1. The van der Waals surface area contributed by atoms with Crippen LogP contribution in [-0.2, 0) is 0 Å². The number of para-hydroxylation sites is 1. The van der Waals surface area contributed by atoms with Crippen LogP contribution in [0.3, 0.4) is 0 Å². The van der Waals surface area contributed by atoms with Crippen molar-refractivity contribution in [2.24, 2.45) is 5.92 Å². The number of anilines is 2. The van der Waals surface area contributed by atoms with Crippen LogP contribution in [0.15, 0.2) is 60.8 Å². The number of piperidine rings is 1. The summed E-state index contributed by atoms with van der Waals surface area (Å²) in [5.74, 6) is 1.07. The zero-order valence-electron chi connectivity index (χ0n) is 19.6. The van der Waals surface area contributed by atoms with Gasteiger partial charge in [-0.2, -0.15) is 14.9 Å². The lowest BCUT2D eigenvalue weighted by molar-refractivity contribution is 0.180. The Morgan fingerprint density at radius 1 is 1.22 bits per heavy atom. The predicted molar refractivity (Wildman–Crippen MR) is 138 cm³/mol. The Balaban J connectivity index is 1.29. The molecule has 2 aromatic carbocycles. The molecule has 0 saturated carbocycles. The van der Waals surface area contributed by atoms with Gasteiger partial charge in [-0.1, -0.05) is 12.1 Å². The minimum Gasteiger partial charge on any atom is -0.507 e. The van der Waals surface area contributed by atoms with Crippen molar-refractivity contribution in [3.8, 4) is 23.1 Å². The third-order valence-electron chi connectivity index (χ3n) is 6.32. The highest BCUT2D eigenvalue weighted by atomic mass is 16.3. The summed E-state index contributed by atoms with van der Waals surface area (Å²) in [6, 6.07) is 17.6. The Morgan fingerprint density at radius 3 is 2.81 bits per heavy atom. The molecule has 178 valence electrons. The van der Waals surface area contributed by atoms with E-state index in [4.69, 9.17) is 13.1 Å². The fourth-order valence-electron chi connectivity index (χ4n) is 4.43. The van der Waals surface area contributed by atoms with E-state index in [1.54, 1.807) is 53.2 Å². The molecule has 0 bridgehead atoms. The second kappa shape index (κ2) is 10.00. The lowest BCUT2D eigenvalue weighted by Crippen LogP contribution is -2.44. The molecule has 5 rings (SSSR count). The summed E-state index contributed by atoms with van der Waals surface area (Å²) in [7, 11) is 6.10. The fourth-order valence-corrected chi connectivity index (χ4v) is 4.43. The number of aromatic hydroxyl groups is 1. The van der Waals surface area contributed by atoms with Crippen molar-refractivity contribution in [2.75, 3.05) is 30.3 Å². The summed E-state index contributed by atoms with van der Waals surface area (Å²) in [5, 5.41) is 30.0. The summed E-state index contributed by atoms with van der Waals surface area (Å²) >= 11 is 0. The second-order valence-electron chi connectivity index (χ2n) is 8.83. The van der Waals surface area contributed by atoms with E-state index < -0.39 is 0 Å². The number of rotatable bonds is 5. The first-order valence-corrected chi connectivity index (χ1v) is 11.7. The number of nitrogens with zero attached hydrogens (tertiary/aromatic N) is 5. The summed E-state index contributed by atoms with van der Waals surface area (Å²) in [5.41, 5.74) is 3.34. The number of carbonyl (C=O) groups is 1. The second-order valence-corrected chi connectivity index (χ2v) is 8.83. The SMILES string of the molecule is [B]c1cnn2c(NCC3CCCN(C(=O)Nc4ccc(C#N)cc4)C3)cc(-c3ccccc3O)nc12. The molecule has 2 amide bonds. The Kier molecular flexibility index (Phi) is 6.45. The quantitative estimate of drug-likeness (QED) is 0.380. The van der Waals surface area contributed by atoms with Crippen LogP contribution in [0.25, 0.3) is 16.9 Å². The third kappa shape index (κ3) is 4.82. The van der Waals surface area contributed by atoms with Crippen molar-refractivity contribution in [3.63, 3.8) is 0 Å².